The number of hydrogen-bond donors (Lipinski definition) is 1. The van der Waals surface area contributed by atoms with E-state index in [4.69, 9.17) is 0 Å². The molecule has 0 spiro atoms. The van der Waals surface area contributed by atoms with Gasteiger partial charge in [-0.15, -0.1) is 0 Å². The highest BCUT2D eigenvalue weighted by atomic mass is 16.1. The molecule has 92 valence electrons. The third kappa shape index (κ3) is 2.25. The Bertz CT molecular complexity index is 627. The van der Waals surface area contributed by atoms with Gasteiger partial charge in [0, 0.05) is 23.0 Å². The lowest BCUT2D eigenvalue weighted by Gasteiger charge is -2.06. The van der Waals surface area contributed by atoms with Crippen LogP contribution < -0.4 is 5.43 Å². The number of rotatable bonds is 3. The molecule has 1 heterocycles. The van der Waals surface area contributed by atoms with Crippen molar-refractivity contribution in [3.63, 3.8) is 0 Å². The molecule has 0 amide bonds. The van der Waals surface area contributed by atoms with Crippen LogP contribution in [-0.4, -0.2) is 10.8 Å². The monoisotopic (exact) mass is 241 g/mol. The minimum absolute atomic E-state index is 0.211. The van der Waals surface area contributed by atoms with Crippen molar-refractivity contribution in [2.24, 2.45) is 0 Å². The van der Waals surface area contributed by atoms with E-state index in [0.717, 1.165) is 12.1 Å². The number of aromatic nitrogens is 1. The molecular formula is C15H15NO2. The van der Waals surface area contributed by atoms with Crippen LogP contribution in [0.1, 0.15) is 34.2 Å². The lowest BCUT2D eigenvalue weighted by molar-refractivity contribution is 0.103. The summed E-state index contributed by atoms with van der Waals surface area (Å²) in [5, 5.41) is 0. The van der Waals surface area contributed by atoms with Gasteiger partial charge in [-0.05, 0) is 13.3 Å². The highest BCUT2D eigenvalue weighted by Crippen LogP contribution is 2.09. The molecule has 1 aromatic heterocycles. The fourth-order valence-corrected chi connectivity index (χ4v) is 1.96. The van der Waals surface area contributed by atoms with Crippen molar-refractivity contribution in [3.05, 3.63) is 69.1 Å². The Labute approximate surface area is 105 Å². The number of H-pyrrole nitrogens is 1. The van der Waals surface area contributed by atoms with Crippen molar-refractivity contribution in [2.75, 3.05) is 0 Å². The Morgan fingerprint density at radius 1 is 1.22 bits per heavy atom. The normalized spacial score (nSPS) is 10.3. The molecule has 0 saturated carbocycles. The van der Waals surface area contributed by atoms with Gasteiger partial charge in [-0.25, -0.2) is 0 Å². The molecule has 0 aliphatic carbocycles. The summed E-state index contributed by atoms with van der Waals surface area (Å²) < 4.78 is 0. The van der Waals surface area contributed by atoms with Crippen molar-refractivity contribution in [3.8, 4) is 0 Å². The van der Waals surface area contributed by atoms with E-state index in [1.54, 1.807) is 31.2 Å². The van der Waals surface area contributed by atoms with E-state index in [-0.39, 0.29) is 16.8 Å². The summed E-state index contributed by atoms with van der Waals surface area (Å²) in [6.45, 7) is 3.72. The molecule has 0 aliphatic rings. The van der Waals surface area contributed by atoms with Gasteiger partial charge in [-0.3, -0.25) is 9.59 Å². The average Bonchev–Trinajstić information content (AvgIpc) is 2.38. The summed E-state index contributed by atoms with van der Waals surface area (Å²) in [5.74, 6) is -0.225. The topological polar surface area (TPSA) is 49.9 Å². The SMILES string of the molecule is CCc1cc(=O)c(C(=O)c2ccccc2)c(C)[nH]1. The number of hydrogen-bond acceptors (Lipinski definition) is 2. The van der Waals surface area contributed by atoms with Gasteiger partial charge in [0.25, 0.3) is 0 Å². The van der Waals surface area contributed by atoms with Crippen LogP contribution in [0.25, 0.3) is 0 Å². The first-order valence-electron chi connectivity index (χ1n) is 5.96. The fourth-order valence-electron chi connectivity index (χ4n) is 1.96. The molecule has 1 aromatic carbocycles. The van der Waals surface area contributed by atoms with Crippen molar-refractivity contribution >= 4 is 5.78 Å². The van der Waals surface area contributed by atoms with E-state index in [0.29, 0.717) is 11.3 Å². The van der Waals surface area contributed by atoms with Crippen LogP contribution in [0.2, 0.25) is 0 Å². The molecule has 0 atom stereocenters. The van der Waals surface area contributed by atoms with Crippen molar-refractivity contribution in [1.82, 2.24) is 4.98 Å². The minimum atomic E-state index is -0.225. The molecule has 3 heteroatoms. The maximum atomic E-state index is 12.3. The Morgan fingerprint density at radius 2 is 1.89 bits per heavy atom. The molecule has 0 bridgehead atoms. The number of nitrogens with one attached hydrogen (secondary N) is 1. The van der Waals surface area contributed by atoms with E-state index in [1.165, 1.54) is 6.07 Å². The molecule has 0 saturated heterocycles. The second kappa shape index (κ2) is 5.00. The van der Waals surface area contributed by atoms with Gasteiger partial charge >= 0.3 is 0 Å². The maximum absolute atomic E-state index is 12.3. The number of pyridine rings is 1. The third-order valence-corrected chi connectivity index (χ3v) is 2.92. The quantitative estimate of drug-likeness (QED) is 0.839. The third-order valence-electron chi connectivity index (χ3n) is 2.92. The van der Waals surface area contributed by atoms with E-state index >= 15 is 0 Å². The number of aryl methyl sites for hydroxylation is 2. The summed E-state index contributed by atoms with van der Waals surface area (Å²) >= 11 is 0. The van der Waals surface area contributed by atoms with Gasteiger partial charge in [0.15, 0.2) is 11.2 Å². The largest absolute Gasteiger partial charge is 0.362 e. The van der Waals surface area contributed by atoms with Crippen LogP contribution in [0, 0.1) is 6.92 Å². The molecule has 0 unspecified atom stereocenters. The fraction of sp³-hybridized carbons (Fsp3) is 0.200. The molecule has 2 rings (SSSR count). The zero-order valence-corrected chi connectivity index (χ0v) is 10.5. The second-order valence-corrected chi connectivity index (χ2v) is 4.21. The first kappa shape index (κ1) is 12.3. The lowest BCUT2D eigenvalue weighted by Crippen LogP contribution is -2.19. The Hall–Kier alpha value is -2.16. The first-order valence-corrected chi connectivity index (χ1v) is 5.96. The number of carbonyl (C=O) groups excluding carboxylic acids is 1. The predicted octanol–water partition coefficient (Wildman–Crippen LogP) is 2.48. The smallest absolute Gasteiger partial charge is 0.198 e. The Balaban J connectivity index is 2.53. The molecular weight excluding hydrogens is 226 g/mol. The van der Waals surface area contributed by atoms with E-state index in [1.807, 2.05) is 13.0 Å². The number of carbonyl (C=O) groups is 1. The molecule has 3 nitrogen and oxygen atoms in total. The maximum Gasteiger partial charge on any atom is 0.198 e. The number of benzene rings is 1. The molecule has 0 aliphatic heterocycles. The minimum Gasteiger partial charge on any atom is -0.362 e. The van der Waals surface area contributed by atoms with Crippen LogP contribution in [0.5, 0.6) is 0 Å². The highest BCUT2D eigenvalue weighted by molar-refractivity contribution is 6.09. The number of ketones is 1. The second-order valence-electron chi connectivity index (χ2n) is 4.21. The van der Waals surface area contributed by atoms with E-state index in [2.05, 4.69) is 4.98 Å². The molecule has 0 radical (unpaired) electrons. The summed E-state index contributed by atoms with van der Waals surface area (Å²) in [5.41, 5.74) is 2.04. The van der Waals surface area contributed by atoms with Crippen molar-refractivity contribution in [2.45, 2.75) is 20.3 Å². The van der Waals surface area contributed by atoms with Crippen LogP contribution in [0.15, 0.2) is 41.2 Å². The first-order chi connectivity index (χ1) is 8.63. The van der Waals surface area contributed by atoms with Gasteiger partial charge in [-0.1, -0.05) is 37.3 Å². The number of aromatic amines is 1. The Kier molecular flexibility index (Phi) is 3.42. The van der Waals surface area contributed by atoms with Crippen LogP contribution in [-0.2, 0) is 6.42 Å². The summed E-state index contributed by atoms with van der Waals surface area (Å²) in [6, 6.07) is 10.4. The summed E-state index contributed by atoms with van der Waals surface area (Å²) in [6.07, 6.45) is 0.746. The van der Waals surface area contributed by atoms with Gasteiger partial charge in [0.1, 0.15) is 0 Å². The van der Waals surface area contributed by atoms with E-state index < -0.39 is 0 Å². The predicted molar refractivity (Wildman–Crippen MR) is 71.1 cm³/mol. The van der Waals surface area contributed by atoms with Gasteiger partial charge in [0.2, 0.25) is 0 Å². The summed E-state index contributed by atoms with van der Waals surface area (Å²) in [4.78, 5) is 27.4. The summed E-state index contributed by atoms with van der Waals surface area (Å²) in [7, 11) is 0. The van der Waals surface area contributed by atoms with Crippen LogP contribution in [0.3, 0.4) is 0 Å². The molecule has 1 N–H and O–H groups in total. The molecule has 2 aromatic rings. The van der Waals surface area contributed by atoms with Crippen molar-refractivity contribution < 1.29 is 4.79 Å². The van der Waals surface area contributed by atoms with Crippen molar-refractivity contribution in [1.29, 1.82) is 0 Å². The zero-order valence-electron chi connectivity index (χ0n) is 10.5. The lowest BCUT2D eigenvalue weighted by atomic mass is 10.0. The van der Waals surface area contributed by atoms with Gasteiger partial charge in [-0.2, -0.15) is 0 Å². The van der Waals surface area contributed by atoms with Gasteiger partial charge in [0.05, 0.1) is 5.56 Å². The highest BCUT2D eigenvalue weighted by Gasteiger charge is 2.16. The van der Waals surface area contributed by atoms with Crippen LogP contribution >= 0.6 is 0 Å². The van der Waals surface area contributed by atoms with Gasteiger partial charge < -0.3 is 4.98 Å². The zero-order chi connectivity index (χ0) is 13.1. The van der Waals surface area contributed by atoms with Crippen LogP contribution in [0.4, 0.5) is 0 Å². The molecule has 18 heavy (non-hydrogen) atoms. The molecule has 0 fully saturated rings. The average molecular weight is 241 g/mol. The van der Waals surface area contributed by atoms with E-state index in [9.17, 15) is 9.59 Å². The standard InChI is InChI=1S/C15H15NO2/c1-3-12-9-13(17)14(10(2)16-12)15(18)11-7-5-4-6-8-11/h4-9H,3H2,1-2H3,(H,16,17). The Morgan fingerprint density at radius 3 is 2.44 bits per heavy atom.